The van der Waals surface area contributed by atoms with Crippen molar-refractivity contribution in [3.63, 3.8) is 0 Å². The van der Waals surface area contributed by atoms with Crippen LogP contribution in [0.2, 0.25) is 0 Å². The van der Waals surface area contributed by atoms with Crippen molar-refractivity contribution in [2.75, 3.05) is 13.7 Å². The van der Waals surface area contributed by atoms with E-state index in [1.54, 1.807) is 37.4 Å². The highest BCUT2D eigenvalue weighted by atomic mass is 31.2. The molecule has 0 radical (unpaired) electrons. The summed E-state index contributed by atoms with van der Waals surface area (Å²) < 4.78 is 35.3. The Hall–Kier alpha value is -2.43. The van der Waals surface area contributed by atoms with Gasteiger partial charge in [0.05, 0.1) is 19.8 Å². The third kappa shape index (κ3) is 6.55. The molecule has 0 aromatic heterocycles. The number of carbonyl (C=O) groups excluding carboxylic acids is 2. The smallest absolute Gasteiger partial charge is 0.459 e. The number of benzene rings is 1. The van der Waals surface area contributed by atoms with Gasteiger partial charge in [0.2, 0.25) is 6.35 Å². The lowest BCUT2D eigenvalue weighted by Gasteiger charge is -2.35. The molecule has 5 unspecified atom stereocenters. The summed E-state index contributed by atoms with van der Waals surface area (Å²) in [6, 6.07) is 5.96. The van der Waals surface area contributed by atoms with Crippen LogP contribution in [0.5, 0.6) is 5.75 Å². The van der Waals surface area contributed by atoms with Crippen LogP contribution in [-0.4, -0.2) is 60.3 Å². The van der Waals surface area contributed by atoms with Gasteiger partial charge in [0.25, 0.3) is 5.91 Å². The van der Waals surface area contributed by atoms with E-state index in [2.05, 4.69) is 15.1 Å². The first-order chi connectivity index (χ1) is 15.6. The summed E-state index contributed by atoms with van der Waals surface area (Å²) in [5.74, 6) is -0.657. The Balaban J connectivity index is 1.65. The molecule has 0 aliphatic carbocycles. The average Bonchev–Trinajstić information content (AvgIpc) is 3.25. The van der Waals surface area contributed by atoms with Crippen LogP contribution in [0.3, 0.4) is 0 Å². The molecule has 1 amide bonds. The van der Waals surface area contributed by atoms with Crippen LogP contribution in [0, 0.1) is 6.92 Å². The molecule has 182 valence electrons. The third-order valence-corrected chi connectivity index (χ3v) is 6.89. The zero-order valence-corrected chi connectivity index (χ0v) is 19.9. The molecule has 3 N–H and O–H groups in total. The quantitative estimate of drug-likeness (QED) is 0.352. The van der Waals surface area contributed by atoms with Gasteiger partial charge < -0.3 is 29.3 Å². The Kier molecular flexibility index (Phi) is 8.14. The molecule has 12 heteroatoms. The first-order valence-corrected chi connectivity index (χ1v) is 12.1. The third-order valence-electron chi connectivity index (χ3n) is 5.24. The van der Waals surface area contributed by atoms with Gasteiger partial charge in [-0.25, -0.2) is 4.57 Å². The van der Waals surface area contributed by atoms with E-state index in [9.17, 15) is 19.3 Å². The highest BCUT2D eigenvalue weighted by molar-refractivity contribution is 7.52. The number of aryl methyl sites for hydroxylation is 1. The van der Waals surface area contributed by atoms with Gasteiger partial charge in [-0.2, -0.15) is 5.09 Å². The topological polar surface area (TPSA) is 136 Å². The fourth-order valence-electron chi connectivity index (χ4n) is 3.40. The second-order valence-electron chi connectivity index (χ2n) is 7.97. The van der Waals surface area contributed by atoms with Crippen molar-refractivity contribution < 1.29 is 37.8 Å². The van der Waals surface area contributed by atoms with Crippen LogP contribution < -0.4 is 14.9 Å². The first kappa shape index (κ1) is 25.2. The molecule has 33 heavy (non-hydrogen) atoms. The molecule has 2 heterocycles. The molecule has 3 rings (SSSR count). The lowest BCUT2D eigenvalue weighted by atomic mass is 10.2. The maximum absolute atomic E-state index is 13.4. The monoisotopic (exact) mass is 483 g/mol. The number of nitrogens with one attached hydrogen (secondary N) is 2. The van der Waals surface area contributed by atoms with Gasteiger partial charge in [0.15, 0.2) is 0 Å². The minimum absolute atomic E-state index is 0.0838. The summed E-state index contributed by atoms with van der Waals surface area (Å²) in [7, 11) is -2.75. The van der Waals surface area contributed by atoms with Gasteiger partial charge in [-0.15, -0.1) is 0 Å². The number of aliphatic hydroxyl groups is 1. The fourth-order valence-corrected chi connectivity index (χ4v) is 4.93. The maximum atomic E-state index is 13.4. The predicted octanol–water partition coefficient (Wildman–Crippen LogP) is 1.77. The van der Waals surface area contributed by atoms with Crippen molar-refractivity contribution in [1.82, 2.24) is 15.3 Å². The van der Waals surface area contributed by atoms with Gasteiger partial charge >= 0.3 is 13.7 Å². The number of carbonyl (C=O) groups is 2. The van der Waals surface area contributed by atoms with Crippen molar-refractivity contribution in [2.45, 2.75) is 58.3 Å². The molecular formula is C21H30N3O8P. The Morgan fingerprint density at radius 3 is 2.70 bits per heavy atom. The van der Waals surface area contributed by atoms with Gasteiger partial charge in [-0.3, -0.25) is 14.1 Å². The Morgan fingerprint density at radius 1 is 1.33 bits per heavy atom. The molecule has 1 fully saturated rings. The Bertz CT molecular complexity index is 938. The number of rotatable bonds is 9. The highest BCUT2D eigenvalue weighted by Gasteiger charge is 2.38. The molecule has 1 saturated heterocycles. The molecule has 11 nitrogen and oxygen atoms in total. The van der Waals surface area contributed by atoms with E-state index < -0.39 is 38.4 Å². The summed E-state index contributed by atoms with van der Waals surface area (Å²) >= 11 is 0. The number of methoxy groups -OCH3 is 1. The summed E-state index contributed by atoms with van der Waals surface area (Å²) in [5.41, 5.74) is 1.44. The van der Waals surface area contributed by atoms with Crippen molar-refractivity contribution >= 4 is 19.6 Å². The van der Waals surface area contributed by atoms with Crippen LogP contribution in [0.4, 0.5) is 0 Å². The standard InChI is InChI=1S/C21H30N3O8P/c1-13-5-7-16(8-6-13)32-33(28,23-15(3)20(26)29-4)30-12-17-9-10-18(31-17)24-11-14(2)19(25)22-21(24)27/h5-8,11,15,17-18,21,27H,9-10,12H2,1-4H3,(H,22,25)(H,23,28). The summed E-state index contributed by atoms with van der Waals surface area (Å²) in [5, 5.41) is 15.2. The fraction of sp³-hybridized carbons (Fsp3) is 0.524. The average molecular weight is 483 g/mol. The van der Waals surface area contributed by atoms with Crippen molar-refractivity contribution in [2.24, 2.45) is 0 Å². The van der Waals surface area contributed by atoms with Crippen LogP contribution in [0.25, 0.3) is 0 Å². The van der Waals surface area contributed by atoms with Crippen molar-refractivity contribution in [3.8, 4) is 5.75 Å². The zero-order valence-electron chi connectivity index (χ0n) is 19.0. The largest absolute Gasteiger partial charge is 0.468 e. The van der Waals surface area contributed by atoms with Gasteiger partial charge in [0, 0.05) is 11.8 Å². The molecule has 0 saturated carbocycles. The molecule has 1 aromatic rings. The van der Waals surface area contributed by atoms with E-state index in [0.29, 0.717) is 24.2 Å². The van der Waals surface area contributed by atoms with Crippen LogP contribution in [0.15, 0.2) is 36.0 Å². The van der Waals surface area contributed by atoms with Gasteiger partial charge in [0.1, 0.15) is 18.0 Å². The molecule has 2 aliphatic rings. The second kappa shape index (κ2) is 10.7. The predicted molar refractivity (Wildman–Crippen MR) is 118 cm³/mol. The lowest BCUT2D eigenvalue weighted by Crippen LogP contribution is -2.53. The van der Waals surface area contributed by atoms with E-state index >= 15 is 0 Å². The van der Waals surface area contributed by atoms with Crippen molar-refractivity contribution in [3.05, 3.63) is 41.6 Å². The highest BCUT2D eigenvalue weighted by Crippen LogP contribution is 2.45. The van der Waals surface area contributed by atoms with Crippen molar-refractivity contribution in [1.29, 1.82) is 0 Å². The summed E-state index contributed by atoms with van der Waals surface area (Å²) in [6.07, 6.45) is 0.514. The number of hydrogen-bond donors (Lipinski definition) is 3. The zero-order chi connectivity index (χ0) is 24.2. The van der Waals surface area contributed by atoms with Gasteiger partial charge in [-0.1, -0.05) is 17.7 Å². The van der Waals surface area contributed by atoms with E-state index in [1.807, 2.05) is 6.92 Å². The van der Waals surface area contributed by atoms with E-state index in [1.165, 1.54) is 18.9 Å². The number of ether oxygens (including phenoxy) is 2. The minimum atomic E-state index is -3.98. The SMILES string of the molecule is COC(=O)C(C)NP(=O)(OCC1CCC(N2C=C(C)C(=O)NC2O)O1)Oc1ccc(C)cc1. The summed E-state index contributed by atoms with van der Waals surface area (Å²) in [6.45, 7) is 4.95. The lowest BCUT2D eigenvalue weighted by molar-refractivity contribution is -0.142. The Morgan fingerprint density at radius 2 is 2.03 bits per heavy atom. The van der Waals surface area contributed by atoms with E-state index in [-0.39, 0.29) is 12.5 Å². The van der Waals surface area contributed by atoms with E-state index in [4.69, 9.17) is 13.8 Å². The summed E-state index contributed by atoms with van der Waals surface area (Å²) in [4.78, 5) is 25.0. The molecule has 5 atom stereocenters. The number of amides is 1. The number of hydrogen-bond acceptors (Lipinski definition) is 9. The minimum Gasteiger partial charge on any atom is -0.468 e. The molecule has 1 aromatic carbocycles. The second-order valence-corrected chi connectivity index (χ2v) is 9.66. The normalized spacial score (nSPS) is 25.6. The maximum Gasteiger partial charge on any atom is 0.459 e. The first-order valence-electron chi connectivity index (χ1n) is 10.6. The van der Waals surface area contributed by atoms with Crippen LogP contribution in [0.1, 0.15) is 32.3 Å². The Labute approximate surface area is 192 Å². The van der Waals surface area contributed by atoms with E-state index in [0.717, 1.165) is 5.56 Å². The van der Waals surface area contributed by atoms with Gasteiger partial charge in [-0.05, 0) is 45.7 Å². The molecule has 0 spiro atoms. The molecular weight excluding hydrogens is 453 g/mol. The number of nitrogens with zero attached hydrogens (tertiary/aromatic N) is 1. The van der Waals surface area contributed by atoms with Crippen LogP contribution >= 0.6 is 7.75 Å². The molecule has 0 bridgehead atoms. The number of esters is 1. The number of aliphatic hydroxyl groups excluding tert-OH is 1. The molecule has 2 aliphatic heterocycles. The van der Waals surface area contributed by atoms with Crippen LogP contribution in [-0.2, 0) is 28.2 Å².